The fraction of sp³-hybridized carbons (Fsp3) is 0.528. The molecule has 49 heavy (non-hydrogen) atoms. The summed E-state index contributed by atoms with van der Waals surface area (Å²) in [5.74, 6) is 0.458. The molecule has 2 aliphatic rings. The number of aliphatic hydroxyl groups excluding tert-OH is 1. The first kappa shape index (κ1) is 36.8. The normalized spacial score (nSPS) is 17.2. The van der Waals surface area contributed by atoms with Crippen LogP contribution >= 0.6 is 11.3 Å². The molecule has 1 aliphatic heterocycles. The number of thiazole rings is 1. The predicted molar refractivity (Wildman–Crippen MR) is 190 cm³/mol. The zero-order valence-electron chi connectivity index (χ0n) is 29.0. The molecule has 0 spiro atoms. The molecule has 2 N–H and O–H groups in total. The molecule has 0 radical (unpaired) electrons. The highest BCUT2D eigenvalue weighted by Gasteiger charge is 2.41. The number of sulfonamides is 1. The maximum absolute atomic E-state index is 14.1. The van der Waals surface area contributed by atoms with Gasteiger partial charge in [0.05, 0.1) is 41.4 Å². The summed E-state index contributed by atoms with van der Waals surface area (Å²) in [6, 6.07) is 13.8. The number of hydrogen-bond acceptors (Lipinski definition) is 8. The molecule has 1 aromatic heterocycles. The topological polar surface area (TPSA) is 132 Å². The van der Waals surface area contributed by atoms with E-state index in [1.54, 1.807) is 33.3 Å². The quantitative estimate of drug-likeness (QED) is 0.207. The van der Waals surface area contributed by atoms with Gasteiger partial charge in [0, 0.05) is 37.5 Å². The second-order valence-corrected chi connectivity index (χ2v) is 16.6. The first-order valence-electron chi connectivity index (χ1n) is 17.0. The van der Waals surface area contributed by atoms with Gasteiger partial charge in [-0.3, -0.25) is 4.79 Å². The van der Waals surface area contributed by atoms with Gasteiger partial charge in [0.2, 0.25) is 15.9 Å². The lowest BCUT2D eigenvalue weighted by Crippen LogP contribution is -2.57. The van der Waals surface area contributed by atoms with Gasteiger partial charge in [-0.1, -0.05) is 58.0 Å². The van der Waals surface area contributed by atoms with E-state index in [9.17, 15) is 23.1 Å². The number of aliphatic hydroxyl groups is 1. The molecule has 3 aromatic rings. The second kappa shape index (κ2) is 16.0. The van der Waals surface area contributed by atoms with Crippen molar-refractivity contribution in [1.29, 1.82) is 0 Å². The molecule has 5 rings (SSSR count). The van der Waals surface area contributed by atoms with Crippen LogP contribution in [0.25, 0.3) is 0 Å². The smallest absolute Gasteiger partial charge is 0.321 e. The van der Waals surface area contributed by atoms with Gasteiger partial charge in [0.15, 0.2) is 0 Å². The Bertz CT molecular complexity index is 1660. The predicted octanol–water partition coefficient (Wildman–Crippen LogP) is 4.73. The molecule has 266 valence electrons. The largest absolute Gasteiger partial charge is 0.497 e. The average Bonchev–Trinajstić information content (AvgIpc) is 3.72. The van der Waals surface area contributed by atoms with E-state index in [2.05, 4.69) is 5.32 Å². The summed E-state index contributed by atoms with van der Waals surface area (Å²) in [5.41, 5.74) is 1.74. The fourth-order valence-electron chi connectivity index (χ4n) is 6.25. The van der Waals surface area contributed by atoms with E-state index in [0.29, 0.717) is 31.3 Å². The molecule has 3 amide bonds. The molecule has 0 bridgehead atoms. The number of urea groups is 1. The Morgan fingerprint density at radius 1 is 1.06 bits per heavy atom. The van der Waals surface area contributed by atoms with Crippen LogP contribution < -0.4 is 10.1 Å². The highest BCUT2D eigenvalue weighted by Crippen LogP contribution is 2.41. The molecule has 1 saturated heterocycles. The van der Waals surface area contributed by atoms with Crippen molar-refractivity contribution in [3.8, 4) is 5.75 Å². The van der Waals surface area contributed by atoms with Crippen molar-refractivity contribution in [2.24, 2.45) is 11.8 Å². The molecule has 2 heterocycles. The summed E-state index contributed by atoms with van der Waals surface area (Å²) >= 11 is 1.64. The van der Waals surface area contributed by atoms with Crippen LogP contribution in [0.15, 0.2) is 64.9 Å². The van der Waals surface area contributed by atoms with Crippen LogP contribution in [-0.2, 0) is 27.8 Å². The zero-order chi connectivity index (χ0) is 35.3. The Morgan fingerprint density at radius 3 is 2.37 bits per heavy atom. The SMILES string of the molecule is COc1ccc(S(=O)(=O)N(CC(C)C)C[C@@H](O)[C@H](Cc2ccccc2)NC(=O)C(C(C)C)N2CCN(Cc3csc(C4CC4)n3)C2=O)cc1. The van der Waals surface area contributed by atoms with Crippen LogP contribution in [0.4, 0.5) is 4.79 Å². The Balaban J connectivity index is 1.34. The zero-order valence-corrected chi connectivity index (χ0v) is 30.6. The molecule has 1 unspecified atom stereocenters. The van der Waals surface area contributed by atoms with E-state index in [1.807, 2.05) is 63.4 Å². The number of aromatic nitrogens is 1. The number of nitrogens with zero attached hydrogens (tertiary/aromatic N) is 4. The van der Waals surface area contributed by atoms with E-state index in [1.165, 1.54) is 36.4 Å². The standard InChI is InChI=1S/C36H49N5O6S2/c1-24(2)20-40(49(45,46)30-15-13-29(47-5)14-16-30)22-32(42)31(19-26-9-7-6-8-10-26)38-34(43)33(25(3)4)41-18-17-39(36(41)44)21-28-23-48-35(37-28)27-11-12-27/h6-10,13-16,23-25,27,31-33,42H,11-12,17-22H2,1-5H3,(H,38,43)/t31-,32+,33?/m0/s1. The van der Waals surface area contributed by atoms with Gasteiger partial charge in [0.25, 0.3) is 0 Å². The van der Waals surface area contributed by atoms with Crippen LogP contribution in [0.3, 0.4) is 0 Å². The van der Waals surface area contributed by atoms with E-state index in [-0.39, 0.29) is 48.2 Å². The third kappa shape index (κ3) is 9.19. The number of benzene rings is 2. The minimum absolute atomic E-state index is 0.0265. The third-order valence-corrected chi connectivity index (χ3v) is 11.9. The van der Waals surface area contributed by atoms with Crippen LogP contribution in [0.2, 0.25) is 0 Å². The highest BCUT2D eigenvalue weighted by atomic mass is 32.2. The van der Waals surface area contributed by atoms with E-state index < -0.39 is 28.2 Å². The first-order valence-corrected chi connectivity index (χ1v) is 19.4. The minimum atomic E-state index is -3.99. The number of ether oxygens (including phenoxy) is 1. The summed E-state index contributed by atoms with van der Waals surface area (Å²) in [6.07, 6.45) is 1.36. The number of methoxy groups -OCH3 is 1. The van der Waals surface area contributed by atoms with E-state index in [4.69, 9.17) is 9.72 Å². The molecule has 11 nitrogen and oxygen atoms in total. The number of carbonyl (C=O) groups excluding carboxylic acids is 2. The van der Waals surface area contributed by atoms with Crippen LogP contribution in [0.5, 0.6) is 5.75 Å². The molecule has 2 fully saturated rings. The summed E-state index contributed by atoms with van der Waals surface area (Å²) in [5, 5.41) is 17.9. The Morgan fingerprint density at radius 2 is 1.76 bits per heavy atom. The van der Waals surface area contributed by atoms with Gasteiger partial charge < -0.3 is 25.0 Å². The molecule has 3 atom stereocenters. The van der Waals surface area contributed by atoms with Gasteiger partial charge in [-0.05, 0) is 60.9 Å². The molecule has 1 saturated carbocycles. The highest BCUT2D eigenvalue weighted by molar-refractivity contribution is 7.89. The lowest BCUT2D eigenvalue weighted by molar-refractivity contribution is -0.128. The van der Waals surface area contributed by atoms with Crippen molar-refractivity contribution < 1.29 is 27.9 Å². The van der Waals surface area contributed by atoms with Gasteiger partial charge in [-0.25, -0.2) is 18.2 Å². The van der Waals surface area contributed by atoms with Crippen LogP contribution in [0.1, 0.15) is 62.7 Å². The van der Waals surface area contributed by atoms with Crippen LogP contribution in [0, 0.1) is 11.8 Å². The van der Waals surface area contributed by atoms with Crippen molar-refractivity contribution in [3.05, 3.63) is 76.2 Å². The average molecular weight is 712 g/mol. The van der Waals surface area contributed by atoms with E-state index in [0.717, 1.165) is 16.3 Å². The van der Waals surface area contributed by atoms with Crippen LogP contribution in [-0.4, -0.2) is 96.0 Å². The van der Waals surface area contributed by atoms with Gasteiger partial charge in [-0.2, -0.15) is 4.31 Å². The fourth-order valence-corrected chi connectivity index (χ4v) is 8.85. The molecular formula is C36H49N5O6S2. The number of nitrogens with one attached hydrogen (secondary N) is 1. The second-order valence-electron chi connectivity index (χ2n) is 13.8. The van der Waals surface area contributed by atoms with Crippen molar-refractivity contribution in [3.63, 3.8) is 0 Å². The Labute approximate surface area is 294 Å². The first-order chi connectivity index (χ1) is 23.4. The number of hydrogen-bond donors (Lipinski definition) is 2. The summed E-state index contributed by atoms with van der Waals surface area (Å²) in [4.78, 5) is 36.0. The minimum Gasteiger partial charge on any atom is -0.497 e. The number of carbonyl (C=O) groups is 2. The Kier molecular flexibility index (Phi) is 12.0. The van der Waals surface area contributed by atoms with Crippen molar-refractivity contribution in [2.75, 3.05) is 33.3 Å². The van der Waals surface area contributed by atoms with Gasteiger partial charge in [0.1, 0.15) is 11.8 Å². The maximum Gasteiger partial charge on any atom is 0.321 e. The van der Waals surface area contributed by atoms with Crippen molar-refractivity contribution in [1.82, 2.24) is 24.4 Å². The maximum atomic E-state index is 14.1. The molecular weight excluding hydrogens is 663 g/mol. The lowest BCUT2D eigenvalue weighted by Gasteiger charge is -2.34. The van der Waals surface area contributed by atoms with Crippen molar-refractivity contribution >= 4 is 33.3 Å². The van der Waals surface area contributed by atoms with Gasteiger partial charge in [-0.15, -0.1) is 11.3 Å². The molecule has 1 aliphatic carbocycles. The summed E-state index contributed by atoms with van der Waals surface area (Å²) < 4.78 is 34.2. The lowest BCUT2D eigenvalue weighted by atomic mass is 9.97. The Hall–Kier alpha value is -3.52. The summed E-state index contributed by atoms with van der Waals surface area (Å²) in [6.45, 7) is 8.84. The number of rotatable bonds is 17. The van der Waals surface area contributed by atoms with Crippen molar-refractivity contribution in [2.45, 2.75) is 82.5 Å². The molecule has 2 aromatic carbocycles. The monoisotopic (exact) mass is 711 g/mol. The van der Waals surface area contributed by atoms with Gasteiger partial charge >= 0.3 is 6.03 Å². The van der Waals surface area contributed by atoms with E-state index >= 15 is 0 Å². The number of amides is 3. The molecule has 13 heteroatoms. The third-order valence-electron chi connectivity index (χ3n) is 8.96. The summed E-state index contributed by atoms with van der Waals surface area (Å²) in [7, 11) is -2.48.